The van der Waals surface area contributed by atoms with Crippen molar-refractivity contribution < 1.29 is 14.2 Å². The third kappa shape index (κ3) is 1.40. The van der Waals surface area contributed by atoms with E-state index in [0.29, 0.717) is 18.3 Å². The lowest BCUT2D eigenvalue weighted by Crippen LogP contribution is -2.63. The average Bonchev–Trinajstić information content (AvgIpc) is 2.80. The predicted molar refractivity (Wildman–Crippen MR) is 85.0 cm³/mol. The van der Waals surface area contributed by atoms with E-state index in [-0.39, 0.29) is 5.41 Å². The molecule has 2 fully saturated rings. The van der Waals surface area contributed by atoms with Crippen LogP contribution in [0.5, 0.6) is 5.75 Å². The predicted octanol–water partition coefficient (Wildman–Crippen LogP) is 3.83. The van der Waals surface area contributed by atoms with Gasteiger partial charge in [0.15, 0.2) is 0 Å². The molecule has 3 aliphatic carbocycles. The molecule has 1 aliphatic heterocycles. The number of aliphatic hydroxyl groups excluding tert-OH is 1. The van der Waals surface area contributed by atoms with Crippen LogP contribution in [0.15, 0.2) is 10.5 Å². The molecule has 4 aliphatic rings. The van der Waals surface area contributed by atoms with E-state index in [1.54, 1.807) is 0 Å². The fourth-order valence-corrected chi connectivity index (χ4v) is 6.70. The lowest BCUT2D eigenvalue weighted by Gasteiger charge is -2.56. The van der Waals surface area contributed by atoms with Gasteiger partial charge in [0.1, 0.15) is 24.1 Å². The maximum Gasteiger partial charge on any atom is 0.137 e. The van der Waals surface area contributed by atoms with Crippen LogP contribution in [0.3, 0.4) is 0 Å². The van der Waals surface area contributed by atoms with Gasteiger partial charge in [-0.15, -0.1) is 0 Å². The molecule has 0 amide bonds. The summed E-state index contributed by atoms with van der Waals surface area (Å²) in [5.41, 5.74) is 3.60. The highest BCUT2D eigenvalue weighted by atomic mass is 79.9. The van der Waals surface area contributed by atoms with Gasteiger partial charge in [0.2, 0.25) is 0 Å². The Labute approximate surface area is 138 Å². The molecule has 22 heavy (non-hydrogen) atoms. The van der Waals surface area contributed by atoms with Gasteiger partial charge in [-0.2, -0.15) is 0 Å². The van der Waals surface area contributed by atoms with E-state index in [0.717, 1.165) is 35.0 Å². The van der Waals surface area contributed by atoms with Crippen LogP contribution < -0.4 is 4.74 Å². The molecule has 5 rings (SSSR count). The number of rotatable bonds is 0. The Morgan fingerprint density at radius 3 is 3.09 bits per heavy atom. The van der Waals surface area contributed by atoms with Gasteiger partial charge >= 0.3 is 0 Å². The Balaban J connectivity index is 1.83. The molecular formula is C18H20BrFO2. The summed E-state index contributed by atoms with van der Waals surface area (Å²) < 4.78 is 21.8. The van der Waals surface area contributed by atoms with E-state index in [9.17, 15) is 9.50 Å². The Hall–Kier alpha value is -0.610. The number of aliphatic hydroxyl groups is 1. The molecule has 1 spiro atoms. The summed E-state index contributed by atoms with van der Waals surface area (Å²) >= 11 is 3.74. The van der Waals surface area contributed by atoms with Crippen LogP contribution in [0.25, 0.3) is 0 Å². The van der Waals surface area contributed by atoms with Crippen molar-refractivity contribution in [3.8, 4) is 5.75 Å². The summed E-state index contributed by atoms with van der Waals surface area (Å²) in [6, 6.07) is 2.12. The van der Waals surface area contributed by atoms with Crippen molar-refractivity contribution in [3.05, 3.63) is 27.2 Å². The molecule has 2 saturated carbocycles. The van der Waals surface area contributed by atoms with Gasteiger partial charge < -0.3 is 9.84 Å². The van der Waals surface area contributed by atoms with Gasteiger partial charge in [0.05, 0.1) is 0 Å². The van der Waals surface area contributed by atoms with Crippen LogP contribution in [0, 0.1) is 18.8 Å². The van der Waals surface area contributed by atoms with Crippen LogP contribution in [-0.4, -0.2) is 23.5 Å². The minimum absolute atomic E-state index is 0.150. The maximum atomic E-state index is 14.4. The monoisotopic (exact) mass is 366 g/mol. The van der Waals surface area contributed by atoms with E-state index < -0.39 is 18.4 Å². The molecule has 4 heteroatoms. The van der Waals surface area contributed by atoms with Crippen molar-refractivity contribution in [2.45, 2.75) is 62.8 Å². The highest BCUT2D eigenvalue weighted by molar-refractivity contribution is 9.10. The molecule has 6 atom stereocenters. The number of hydrogen-bond acceptors (Lipinski definition) is 2. The topological polar surface area (TPSA) is 29.5 Å². The zero-order valence-corrected chi connectivity index (χ0v) is 14.2. The summed E-state index contributed by atoms with van der Waals surface area (Å²) in [4.78, 5) is 0. The second kappa shape index (κ2) is 4.27. The van der Waals surface area contributed by atoms with E-state index in [2.05, 4.69) is 28.9 Å². The maximum absolute atomic E-state index is 14.4. The first kappa shape index (κ1) is 13.8. The minimum atomic E-state index is -1.15. The second-order valence-corrected chi connectivity index (χ2v) is 8.50. The van der Waals surface area contributed by atoms with E-state index in [4.69, 9.17) is 4.74 Å². The smallest absolute Gasteiger partial charge is 0.137 e. The van der Waals surface area contributed by atoms with Crippen molar-refractivity contribution in [2.24, 2.45) is 11.8 Å². The fourth-order valence-electron chi connectivity index (χ4n) is 6.00. The standard InChI is InChI=1S/C18H20BrFO2/c1-8-5-12(19)10-6-9-3-2-4-18-11(9)7-13(20)15(21)17(18)22-16(8)14(10)18/h5,9,11,13,15,17,21H,2-4,6-7H2,1H3/t9-,11+,13-,15?,17+,18+/m1/s1. The van der Waals surface area contributed by atoms with E-state index in [1.807, 2.05) is 0 Å². The Morgan fingerprint density at radius 2 is 2.27 bits per heavy atom. The molecule has 2 nitrogen and oxygen atoms in total. The molecule has 0 radical (unpaired) electrons. The number of ether oxygens (including phenoxy) is 1. The number of alkyl halides is 1. The van der Waals surface area contributed by atoms with Gasteiger partial charge in [-0.3, -0.25) is 0 Å². The Bertz CT molecular complexity index is 676. The first-order valence-electron chi connectivity index (χ1n) is 8.35. The molecular weight excluding hydrogens is 347 g/mol. The lowest BCUT2D eigenvalue weighted by molar-refractivity contribution is -0.122. The average molecular weight is 367 g/mol. The Kier molecular flexibility index (Phi) is 2.68. The highest BCUT2D eigenvalue weighted by Crippen LogP contribution is 2.65. The summed E-state index contributed by atoms with van der Waals surface area (Å²) in [6.07, 6.45) is 2.34. The van der Waals surface area contributed by atoms with Gasteiger partial charge in [0.25, 0.3) is 0 Å². The number of aryl methyl sites for hydroxylation is 1. The minimum Gasteiger partial charge on any atom is -0.486 e. The van der Waals surface area contributed by atoms with Crippen LogP contribution in [0.4, 0.5) is 4.39 Å². The molecule has 1 heterocycles. The summed E-state index contributed by atoms with van der Waals surface area (Å²) in [6.45, 7) is 2.05. The van der Waals surface area contributed by atoms with Crippen molar-refractivity contribution in [3.63, 3.8) is 0 Å². The summed E-state index contributed by atoms with van der Waals surface area (Å²) in [5, 5.41) is 10.5. The molecule has 1 aromatic rings. The third-order valence-electron chi connectivity index (χ3n) is 6.76. The van der Waals surface area contributed by atoms with Gasteiger partial charge in [-0.25, -0.2) is 4.39 Å². The molecule has 0 saturated heterocycles. The summed E-state index contributed by atoms with van der Waals surface area (Å²) in [7, 11) is 0. The fraction of sp³-hybridized carbons (Fsp3) is 0.667. The van der Waals surface area contributed by atoms with Gasteiger partial charge in [0, 0.05) is 15.5 Å². The van der Waals surface area contributed by atoms with E-state index >= 15 is 0 Å². The summed E-state index contributed by atoms with van der Waals surface area (Å²) in [5.74, 6) is 1.79. The molecule has 118 valence electrons. The lowest BCUT2D eigenvalue weighted by atomic mass is 9.48. The first-order valence-corrected chi connectivity index (χ1v) is 9.14. The normalized spacial score (nSPS) is 44.5. The molecule has 1 aromatic carbocycles. The molecule has 2 bridgehead atoms. The number of hydrogen-bond donors (Lipinski definition) is 1. The van der Waals surface area contributed by atoms with Crippen LogP contribution in [0.2, 0.25) is 0 Å². The second-order valence-electron chi connectivity index (χ2n) is 7.64. The zero-order chi connectivity index (χ0) is 15.2. The quantitative estimate of drug-likeness (QED) is 0.755. The largest absolute Gasteiger partial charge is 0.486 e. The Morgan fingerprint density at radius 1 is 1.45 bits per heavy atom. The number of halogens is 2. The van der Waals surface area contributed by atoms with Crippen LogP contribution in [-0.2, 0) is 11.8 Å². The van der Waals surface area contributed by atoms with Gasteiger partial charge in [-0.1, -0.05) is 22.4 Å². The third-order valence-corrected chi connectivity index (χ3v) is 7.47. The van der Waals surface area contributed by atoms with Crippen LogP contribution in [0.1, 0.15) is 42.4 Å². The highest BCUT2D eigenvalue weighted by Gasteiger charge is 2.66. The SMILES string of the molecule is Cc1cc(Br)c2c3c1O[C@H]1C(O)[C@H](F)C[C@H]4[C@H](CCC[C@]314)C2. The van der Waals surface area contributed by atoms with Crippen molar-refractivity contribution in [1.82, 2.24) is 0 Å². The zero-order valence-electron chi connectivity index (χ0n) is 12.6. The van der Waals surface area contributed by atoms with E-state index in [1.165, 1.54) is 17.5 Å². The first-order chi connectivity index (χ1) is 10.5. The molecule has 1 N–H and O–H groups in total. The van der Waals surface area contributed by atoms with Crippen molar-refractivity contribution >= 4 is 15.9 Å². The van der Waals surface area contributed by atoms with Crippen molar-refractivity contribution in [2.75, 3.05) is 0 Å². The van der Waals surface area contributed by atoms with Crippen molar-refractivity contribution in [1.29, 1.82) is 0 Å². The number of benzene rings is 1. The molecule has 1 unspecified atom stereocenters. The van der Waals surface area contributed by atoms with Gasteiger partial charge in [-0.05, 0) is 61.6 Å². The molecule has 0 aromatic heterocycles. The van der Waals surface area contributed by atoms with Crippen LogP contribution >= 0.6 is 15.9 Å².